The number of anilines is 1. The molecule has 1 aliphatic rings. The van der Waals surface area contributed by atoms with Crippen molar-refractivity contribution in [2.75, 3.05) is 11.9 Å². The second kappa shape index (κ2) is 5.96. The van der Waals surface area contributed by atoms with Crippen molar-refractivity contribution in [3.63, 3.8) is 0 Å². The van der Waals surface area contributed by atoms with Crippen LogP contribution in [-0.4, -0.2) is 27.0 Å². The summed E-state index contributed by atoms with van der Waals surface area (Å²) in [5.41, 5.74) is 3.79. The number of benzene rings is 2. The van der Waals surface area contributed by atoms with Gasteiger partial charge in [0, 0.05) is 12.4 Å². The minimum absolute atomic E-state index is 0.401. The van der Waals surface area contributed by atoms with Gasteiger partial charge in [0.15, 0.2) is 5.82 Å². The first-order chi connectivity index (χ1) is 12.8. The number of aryl methyl sites for hydroxylation is 1. The lowest BCUT2D eigenvalue weighted by Crippen LogP contribution is -2.25. The first-order valence-corrected chi connectivity index (χ1v) is 9.10. The van der Waals surface area contributed by atoms with Crippen LogP contribution >= 0.6 is 11.3 Å². The van der Waals surface area contributed by atoms with E-state index >= 15 is 0 Å². The summed E-state index contributed by atoms with van der Waals surface area (Å²) in [6, 6.07) is 15.9. The molecule has 1 N–H and O–H groups in total. The molecule has 2 aromatic carbocycles. The third-order valence-corrected chi connectivity index (χ3v) is 5.00. The fourth-order valence-electron chi connectivity index (χ4n) is 3.00. The van der Waals surface area contributed by atoms with Crippen LogP contribution in [0.5, 0.6) is 5.75 Å². The number of thiazole rings is 1. The van der Waals surface area contributed by atoms with Crippen LogP contribution < -0.4 is 10.1 Å². The number of para-hydroxylation sites is 4. The average Bonchev–Trinajstić information content (AvgIpc) is 3.26. The van der Waals surface area contributed by atoms with Gasteiger partial charge in [0.1, 0.15) is 23.9 Å². The van der Waals surface area contributed by atoms with E-state index in [9.17, 15) is 0 Å². The Kier molecular flexibility index (Phi) is 3.46. The van der Waals surface area contributed by atoms with E-state index in [1.165, 1.54) is 11.3 Å². The summed E-state index contributed by atoms with van der Waals surface area (Å²) in [4.78, 5) is 13.9. The second-order valence-electron chi connectivity index (χ2n) is 5.97. The van der Waals surface area contributed by atoms with Crippen molar-refractivity contribution in [1.29, 1.82) is 0 Å². The third kappa shape index (κ3) is 2.53. The molecule has 0 radical (unpaired) electrons. The van der Waals surface area contributed by atoms with Gasteiger partial charge in [0.05, 0.1) is 16.7 Å². The number of fused-ring (bicyclic) bond motifs is 2. The van der Waals surface area contributed by atoms with Gasteiger partial charge in [0.25, 0.3) is 0 Å². The Morgan fingerprint density at radius 1 is 1.12 bits per heavy atom. The number of aromatic nitrogens is 3. The Bertz CT molecular complexity index is 1140. The molecule has 128 valence electrons. The van der Waals surface area contributed by atoms with Gasteiger partial charge in [-0.2, -0.15) is 0 Å². The monoisotopic (exact) mass is 361 g/mol. The van der Waals surface area contributed by atoms with Gasteiger partial charge in [-0.05, 0) is 24.3 Å². The molecule has 7 heteroatoms. The zero-order valence-corrected chi connectivity index (χ0v) is 14.8. The standard InChI is InChI=1S/C19H15N5OS/c1-24-15-8-4-2-6-12(15)21-18(24)14-11-26-19(22-14)23-17-10-25-16-9-5-3-7-13(16)20-17/h2-9,11H,10H2,1H3,(H,20,22,23). The van der Waals surface area contributed by atoms with Crippen molar-refractivity contribution >= 4 is 39.0 Å². The van der Waals surface area contributed by atoms with Crippen LogP contribution in [0.4, 0.5) is 10.8 Å². The lowest BCUT2D eigenvalue weighted by molar-refractivity contribution is 0.372. The molecule has 4 aromatic rings. The molecule has 0 unspecified atom stereocenters. The maximum Gasteiger partial charge on any atom is 0.211 e. The van der Waals surface area contributed by atoms with Crippen molar-refractivity contribution in [3.05, 3.63) is 53.9 Å². The summed E-state index contributed by atoms with van der Waals surface area (Å²) in [6.07, 6.45) is 0. The molecule has 0 atom stereocenters. The van der Waals surface area contributed by atoms with Crippen LogP contribution in [0.25, 0.3) is 22.6 Å². The van der Waals surface area contributed by atoms with Crippen LogP contribution in [-0.2, 0) is 7.05 Å². The molecule has 0 fully saturated rings. The molecule has 2 aromatic heterocycles. The van der Waals surface area contributed by atoms with Gasteiger partial charge in [0.2, 0.25) is 5.13 Å². The van der Waals surface area contributed by atoms with Gasteiger partial charge in [-0.1, -0.05) is 24.3 Å². The fraction of sp³-hybridized carbons (Fsp3) is 0.105. The molecule has 5 rings (SSSR count). The highest BCUT2D eigenvalue weighted by Gasteiger charge is 2.16. The molecule has 0 saturated heterocycles. The minimum Gasteiger partial charge on any atom is -0.484 e. The van der Waals surface area contributed by atoms with Crippen LogP contribution in [0.1, 0.15) is 0 Å². The Morgan fingerprint density at radius 2 is 1.96 bits per heavy atom. The third-order valence-electron chi connectivity index (χ3n) is 4.27. The molecule has 0 aliphatic carbocycles. The SMILES string of the molecule is Cn1c(-c2csc(/N=C3\COc4ccccc4N3)n2)nc2ccccc21. The van der Waals surface area contributed by atoms with Crippen LogP contribution in [0.3, 0.4) is 0 Å². The number of hydrogen-bond donors (Lipinski definition) is 1. The van der Waals surface area contributed by atoms with E-state index < -0.39 is 0 Å². The van der Waals surface area contributed by atoms with Crippen LogP contribution in [0, 0.1) is 0 Å². The van der Waals surface area contributed by atoms with Gasteiger partial charge >= 0.3 is 0 Å². The van der Waals surface area contributed by atoms with Gasteiger partial charge in [-0.3, -0.25) is 0 Å². The Balaban J connectivity index is 1.46. The van der Waals surface area contributed by atoms with Crippen LogP contribution in [0.15, 0.2) is 58.9 Å². The fourth-order valence-corrected chi connectivity index (χ4v) is 3.69. The van der Waals surface area contributed by atoms with E-state index in [0.717, 1.165) is 39.8 Å². The predicted octanol–water partition coefficient (Wildman–Crippen LogP) is 4.23. The molecule has 0 bridgehead atoms. The van der Waals surface area contributed by atoms with Gasteiger partial charge in [-0.15, -0.1) is 11.3 Å². The molecule has 0 amide bonds. The summed E-state index contributed by atoms with van der Waals surface area (Å²) < 4.78 is 7.78. The maximum atomic E-state index is 5.73. The van der Waals surface area contributed by atoms with Crippen molar-refractivity contribution in [2.24, 2.45) is 12.0 Å². The van der Waals surface area contributed by atoms with Crippen molar-refractivity contribution in [1.82, 2.24) is 14.5 Å². The zero-order valence-electron chi connectivity index (χ0n) is 14.0. The number of imidazole rings is 1. The molecular formula is C19H15N5OS. The zero-order chi connectivity index (χ0) is 17.5. The molecule has 1 aliphatic heterocycles. The lowest BCUT2D eigenvalue weighted by Gasteiger charge is -2.19. The number of ether oxygens (including phenoxy) is 1. The highest BCUT2D eigenvalue weighted by Crippen LogP contribution is 2.30. The Morgan fingerprint density at radius 3 is 2.88 bits per heavy atom. The Labute approximate surface area is 153 Å². The lowest BCUT2D eigenvalue weighted by atomic mass is 10.2. The van der Waals surface area contributed by atoms with Crippen molar-refractivity contribution in [2.45, 2.75) is 0 Å². The first kappa shape index (κ1) is 15.1. The summed E-state index contributed by atoms with van der Waals surface area (Å²) >= 11 is 1.49. The topological polar surface area (TPSA) is 64.3 Å². The highest BCUT2D eigenvalue weighted by molar-refractivity contribution is 7.13. The van der Waals surface area contributed by atoms with E-state index in [1.54, 1.807) is 0 Å². The molecule has 0 saturated carbocycles. The van der Waals surface area contributed by atoms with E-state index in [2.05, 4.69) is 25.9 Å². The second-order valence-corrected chi connectivity index (χ2v) is 6.80. The number of nitrogens with zero attached hydrogens (tertiary/aromatic N) is 4. The number of hydrogen-bond acceptors (Lipinski definition) is 5. The van der Waals surface area contributed by atoms with Crippen LogP contribution in [0.2, 0.25) is 0 Å². The smallest absolute Gasteiger partial charge is 0.211 e. The molecule has 26 heavy (non-hydrogen) atoms. The normalized spacial score (nSPS) is 14.9. The summed E-state index contributed by atoms with van der Waals surface area (Å²) in [5, 5.41) is 5.96. The molecule has 6 nitrogen and oxygen atoms in total. The molecular weight excluding hydrogens is 346 g/mol. The van der Waals surface area contributed by atoms with E-state index in [1.807, 2.05) is 54.9 Å². The average molecular weight is 361 g/mol. The highest BCUT2D eigenvalue weighted by atomic mass is 32.1. The Hall–Kier alpha value is -3.19. The largest absolute Gasteiger partial charge is 0.484 e. The van der Waals surface area contributed by atoms with E-state index in [0.29, 0.717) is 11.7 Å². The van der Waals surface area contributed by atoms with Crippen molar-refractivity contribution < 1.29 is 4.74 Å². The number of rotatable bonds is 2. The quantitative estimate of drug-likeness (QED) is 0.580. The van der Waals surface area contributed by atoms with Crippen molar-refractivity contribution in [3.8, 4) is 17.3 Å². The summed E-state index contributed by atoms with van der Waals surface area (Å²) in [5.74, 6) is 2.42. The molecule has 0 spiro atoms. The van der Waals surface area contributed by atoms with Gasteiger partial charge in [-0.25, -0.2) is 15.0 Å². The summed E-state index contributed by atoms with van der Waals surface area (Å²) in [6.45, 7) is 0.401. The van der Waals surface area contributed by atoms with E-state index in [4.69, 9.17) is 9.72 Å². The van der Waals surface area contributed by atoms with Gasteiger partial charge < -0.3 is 14.6 Å². The van der Waals surface area contributed by atoms with E-state index in [-0.39, 0.29) is 0 Å². The summed E-state index contributed by atoms with van der Waals surface area (Å²) in [7, 11) is 2.00. The number of nitrogens with one attached hydrogen (secondary N) is 1. The minimum atomic E-state index is 0.401. The predicted molar refractivity (Wildman–Crippen MR) is 104 cm³/mol. The molecule has 3 heterocycles. The number of amidine groups is 1. The first-order valence-electron chi connectivity index (χ1n) is 8.22. The maximum absolute atomic E-state index is 5.73. The number of aliphatic imine (C=N–C) groups is 1.